The maximum absolute atomic E-state index is 13.8. The third-order valence-electron chi connectivity index (χ3n) is 3.01. The number of thioether (sulfide) groups is 1. The Kier molecular flexibility index (Phi) is 3.19. The molecule has 1 aliphatic rings. The van der Waals surface area contributed by atoms with Gasteiger partial charge in [-0.2, -0.15) is 0 Å². The molecule has 3 rings (SSSR count). The maximum Gasteiger partial charge on any atom is 0.194 e. The molecule has 0 aromatic heterocycles. The Balaban J connectivity index is 2.25. The molecule has 19 heavy (non-hydrogen) atoms. The van der Waals surface area contributed by atoms with Gasteiger partial charge in [0.2, 0.25) is 0 Å². The van der Waals surface area contributed by atoms with Crippen LogP contribution in [0.3, 0.4) is 0 Å². The molecule has 0 saturated carbocycles. The molecule has 0 fully saturated rings. The standard InChI is InChI=1S/C14H7BrF2OS/c15-10-3-1-2-8-13(18)7-4-5-11(16)12(17)9(7)6-19-14(8)10/h1-5H,6H2. The first-order chi connectivity index (χ1) is 9.09. The van der Waals surface area contributed by atoms with Crippen LogP contribution in [-0.2, 0) is 5.75 Å². The summed E-state index contributed by atoms with van der Waals surface area (Å²) in [6, 6.07) is 7.64. The smallest absolute Gasteiger partial charge is 0.194 e. The van der Waals surface area contributed by atoms with Crippen molar-refractivity contribution in [3.05, 3.63) is 63.1 Å². The van der Waals surface area contributed by atoms with Gasteiger partial charge in [-0.3, -0.25) is 4.79 Å². The van der Waals surface area contributed by atoms with E-state index in [0.717, 1.165) is 15.4 Å². The minimum Gasteiger partial charge on any atom is -0.289 e. The molecule has 0 spiro atoms. The predicted octanol–water partition coefficient (Wildman–Crippen LogP) is 4.56. The number of carbonyl (C=O) groups is 1. The van der Waals surface area contributed by atoms with Crippen LogP contribution in [0, 0.1) is 11.6 Å². The van der Waals surface area contributed by atoms with Gasteiger partial charge in [0, 0.05) is 31.8 Å². The van der Waals surface area contributed by atoms with Crippen LogP contribution in [0.5, 0.6) is 0 Å². The predicted molar refractivity (Wildman–Crippen MR) is 73.5 cm³/mol. The van der Waals surface area contributed by atoms with Crippen LogP contribution in [0.2, 0.25) is 0 Å². The summed E-state index contributed by atoms with van der Waals surface area (Å²) in [6.45, 7) is 0. The molecule has 1 aliphatic heterocycles. The van der Waals surface area contributed by atoms with Gasteiger partial charge in [0.1, 0.15) is 0 Å². The lowest BCUT2D eigenvalue weighted by molar-refractivity contribution is 0.103. The largest absolute Gasteiger partial charge is 0.289 e. The highest BCUT2D eigenvalue weighted by molar-refractivity contribution is 9.10. The van der Waals surface area contributed by atoms with Crippen molar-refractivity contribution in [1.29, 1.82) is 0 Å². The molecule has 1 nitrogen and oxygen atoms in total. The van der Waals surface area contributed by atoms with Crippen LogP contribution in [0.25, 0.3) is 0 Å². The van der Waals surface area contributed by atoms with Gasteiger partial charge in [-0.15, -0.1) is 11.8 Å². The van der Waals surface area contributed by atoms with Crippen LogP contribution >= 0.6 is 27.7 Å². The first kappa shape index (κ1) is 12.8. The number of benzene rings is 2. The second-order valence-electron chi connectivity index (χ2n) is 4.12. The lowest BCUT2D eigenvalue weighted by Crippen LogP contribution is -2.06. The molecule has 0 saturated heterocycles. The van der Waals surface area contributed by atoms with Gasteiger partial charge in [0.05, 0.1) is 0 Å². The number of halogens is 3. The molecular weight excluding hydrogens is 334 g/mol. The summed E-state index contributed by atoms with van der Waals surface area (Å²) < 4.78 is 27.9. The Morgan fingerprint density at radius 1 is 1.11 bits per heavy atom. The van der Waals surface area contributed by atoms with E-state index in [1.165, 1.54) is 17.8 Å². The van der Waals surface area contributed by atoms with Gasteiger partial charge in [0.15, 0.2) is 17.4 Å². The third kappa shape index (κ3) is 2.01. The molecule has 0 radical (unpaired) electrons. The Morgan fingerprint density at radius 2 is 1.89 bits per heavy atom. The molecule has 0 aliphatic carbocycles. The summed E-state index contributed by atoms with van der Waals surface area (Å²) in [6.07, 6.45) is 0. The Bertz CT molecular complexity index is 700. The number of hydrogen-bond donors (Lipinski definition) is 0. The zero-order valence-corrected chi connectivity index (χ0v) is 11.9. The first-order valence-electron chi connectivity index (χ1n) is 5.52. The molecule has 2 aromatic carbocycles. The average molecular weight is 341 g/mol. The van der Waals surface area contributed by atoms with Gasteiger partial charge in [0.25, 0.3) is 0 Å². The normalized spacial score (nSPS) is 13.7. The van der Waals surface area contributed by atoms with Crippen molar-refractivity contribution in [2.45, 2.75) is 10.6 Å². The van der Waals surface area contributed by atoms with E-state index in [4.69, 9.17) is 0 Å². The second-order valence-corrected chi connectivity index (χ2v) is 5.96. The van der Waals surface area contributed by atoms with Crippen LogP contribution in [-0.4, -0.2) is 5.78 Å². The van der Waals surface area contributed by atoms with Gasteiger partial charge < -0.3 is 0 Å². The summed E-state index contributed by atoms with van der Waals surface area (Å²) in [5, 5.41) is 0. The summed E-state index contributed by atoms with van der Waals surface area (Å²) in [4.78, 5) is 13.2. The topological polar surface area (TPSA) is 17.1 Å². The van der Waals surface area contributed by atoms with Crippen molar-refractivity contribution >= 4 is 33.5 Å². The zero-order valence-electron chi connectivity index (χ0n) is 9.54. The van der Waals surface area contributed by atoms with Crippen molar-refractivity contribution in [1.82, 2.24) is 0 Å². The minimum atomic E-state index is -0.928. The van der Waals surface area contributed by atoms with E-state index in [1.54, 1.807) is 12.1 Å². The van der Waals surface area contributed by atoms with Crippen LogP contribution in [0.1, 0.15) is 21.5 Å². The lowest BCUT2D eigenvalue weighted by atomic mass is 9.99. The van der Waals surface area contributed by atoms with Crippen molar-refractivity contribution < 1.29 is 13.6 Å². The van der Waals surface area contributed by atoms with Crippen LogP contribution < -0.4 is 0 Å². The van der Waals surface area contributed by atoms with E-state index >= 15 is 0 Å². The number of ketones is 1. The maximum atomic E-state index is 13.8. The molecule has 0 atom stereocenters. The van der Waals surface area contributed by atoms with Crippen molar-refractivity contribution in [3.8, 4) is 0 Å². The van der Waals surface area contributed by atoms with Crippen molar-refractivity contribution in [2.24, 2.45) is 0 Å². The lowest BCUT2D eigenvalue weighted by Gasteiger charge is -2.06. The first-order valence-corrected chi connectivity index (χ1v) is 7.30. The number of hydrogen-bond acceptors (Lipinski definition) is 2. The average Bonchev–Trinajstić information content (AvgIpc) is 2.54. The van der Waals surface area contributed by atoms with Gasteiger partial charge in [-0.1, -0.05) is 6.07 Å². The van der Waals surface area contributed by atoms with Crippen molar-refractivity contribution in [2.75, 3.05) is 0 Å². The summed E-state index contributed by atoms with van der Waals surface area (Å²) in [5.74, 6) is -1.88. The molecule has 1 heterocycles. The highest BCUT2D eigenvalue weighted by atomic mass is 79.9. The fourth-order valence-electron chi connectivity index (χ4n) is 2.07. The van der Waals surface area contributed by atoms with E-state index in [9.17, 15) is 13.6 Å². The van der Waals surface area contributed by atoms with E-state index in [1.807, 2.05) is 6.07 Å². The number of carbonyl (C=O) groups excluding carboxylic acids is 1. The summed E-state index contributed by atoms with van der Waals surface area (Å²) >= 11 is 4.71. The van der Waals surface area contributed by atoms with E-state index in [0.29, 0.717) is 5.56 Å². The van der Waals surface area contributed by atoms with Gasteiger partial charge >= 0.3 is 0 Å². The fourth-order valence-corrected chi connectivity index (χ4v) is 3.87. The van der Waals surface area contributed by atoms with E-state index in [-0.39, 0.29) is 22.7 Å². The fraction of sp³-hybridized carbons (Fsp3) is 0.0714. The van der Waals surface area contributed by atoms with Crippen LogP contribution in [0.15, 0.2) is 39.7 Å². The molecular formula is C14H7BrF2OS. The zero-order chi connectivity index (χ0) is 13.6. The van der Waals surface area contributed by atoms with Gasteiger partial charge in [-0.25, -0.2) is 8.78 Å². The van der Waals surface area contributed by atoms with E-state index < -0.39 is 11.6 Å². The molecule has 96 valence electrons. The Labute approximate surface area is 121 Å². The van der Waals surface area contributed by atoms with E-state index in [2.05, 4.69) is 15.9 Å². The highest BCUT2D eigenvalue weighted by Gasteiger charge is 2.26. The highest BCUT2D eigenvalue weighted by Crippen LogP contribution is 2.39. The number of rotatable bonds is 0. The SMILES string of the molecule is O=C1c2ccc(F)c(F)c2CSc2c(Br)cccc21. The monoisotopic (exact) mass is 340 g/mol. The third-order valence-corrected chi connectivity index (χ3v) is 5.10. The molecule has 0 unspecified atom stereocenters. The molecule has 2 aromatic rings. The molecule has 5 heteroatoms. The molecule has 0 N–H and O–H groups in total. The Morgan fingerprint density at radius 3 is 2.68 bits per heavy atom. The summed E-state index contributed by atoms with van der Waals surface area (Å²) in [7, 11) is 0. The van der Waals surface area contributed by atoms with Crippen LogP contribution in [0.4, 0.5) is 8.78 Å². The quantitative estimate of drug-likeness (QED) is 0.699. The molecule has 0 bridgehead atoms. The number of fused-ring (bicyclic) bond motifs is 2. The van der Waals surface area contributed by atoms with Gasteiger partial charge in [-0.05, 0) is 40.2 Å². The molecule has 0 amide bonds. The van der Waals surface area contributed by atoms with Crippen molar-refractivity contribution in [3.63, 3.8) is 0 Å². The second kappa shape index (κ2) is 4.72. The Hall–Kier alpha value is -1.20. The minimum absolute atomic E-state index is 0.137. The summed E-state index contributed by atoms with van der Waals surface area (Å²) in [5.41, 5.74) is 0.894.